The van der Waals surface area contributed by atoms with Gasteiger partial charge >= 0.3 is 5.97 Å². The molecule has 0 aliphatic heterocycles. The third-order valence-corrected chi connectivity index (χ3v) is 2.86. The summed E-state index contributed by atoms with van der Waals surface area (Å²) < 4.78 is 5.29. The van der Waals surface area contributed by atoms with E-state index >= 15 is 0 Å². The molecule has 0 aliphatic rings. The lowest BCUT2D eigenvalue weighted by Gasteiger charge is -2.05. The fourth-order valence-electron chi connectivity index (χ4n) is 1.92. The first-order valence-electron chi connectivity index (χ1n) is 5.85. The van der Waals surface area contributed by atoms with Gasteiger partial charge in [0.2, 0.25) is 5.82 Å². The summed E-state index contributed by atoms with van der Waals surface area (Å²) in [6.45, 7) is 0. The molecule has 0 bridgehead atoms. The lowest BCUT2D eigenvalue weighted by Crippen LogP contribution is -1.99. The highest BCUT2D eigenvalue weighted by Crippen LogP contribution is 2.29. The SMILES string of the molecule is O=Cc1ccc(-c2cc(-c3nn[nH]n3)ccc2C(=O)O)o1. The molecule has 1 aromatic carbocycles. The molecule has 3 rings (SSSR count). The van der Waals surface area contributed by atoms with Crippen LogP contribution in [0.1, 0.15) is 20.9 Å². The lowest BCUT2D eigenvalue weighted by atomic mass is 10.0. The number of H-pyrrole nitrogens is 1. The largest absolute Gasteiger partial charge is 0.478 e. The molecule has 104 valence electrons. The fraction of sp³-hybridized carbons (Fsp3) is 0. The third kappa shape index (κ3) is 2.29. The maximum Gasteiger partial charge on any atom is 0.336 e. The van der Waals surface area contributed by atoms with Gasteiger partial charge in [-0.3, -0.25) is 4.79 Å². The Kier molecular flexibility index (Phi) is 3.03. The van der Waals surface area contributed by atoms with Crippen molar-refractivity contribution in [3.63, 3.8) is 0 Å². The second kappa shape index (κ2) is 5.00. The molecule has 2 heterocycles. The summed E-state index contributed by atoms with van der Waals surface area (Å²) >= 11 is 0. The van der Waals surface area contributed by atoms with E-state index in [1.54, 1.807) is 12.1 Å². The van der Waals surface area contributed by atoms with Gasteiger partial charge in [-0.2, -0.15) is 5.21 Å². The molecular formula is C13H8N4O4. The van der Waals surface area contributed by atoms with Crippen molar-refractivity contribution in [1.29, 1.82) is 0 Å². The molecule has 0 fully saturated rings. The zero-order chi connectivity index (χ0) is 14.8. The van der Waals surface area contributed by atoms with E-state index < -0.39 is 5.97 Å². The zero-order valence-corrected chi connectivity index (χ0v) is 10.5. The Bertz CT molecular complexity index is 807. The molecule has 8 heteroatoms. The number of tetrazole rings is 1. The summed E-state index contributed by atoms with van der Waals surface area (Å²) in [5, 5.41) is 22.7. The van der Waals surface area contributed by atoms with Gasteiger partial charge in [0.05, 0.1) is 5.56 Å². The minimum absolute atomic E-state index is 0.0500. The number of aromatic amines is 1. The quantitative estimate of drug-likeness (QED) is 0.698. The first kappa shape index (κ1) is 12.7. The number of nitrogens with one attached hydrogen (secondary N) is 1. The summed E-state index contributed by atoms with van der Waals surface area (Å²) in [4.78, 5) is 22.0. The monoisotopic (exact) mass is 284 g/mol. The third-order valence-electron chi connectivity index (χ3n) is 2.86. The average Bonchev–Trinajstić information content (AvgIpc) is 3.18. The summed E-state index contributed by atoms with van der Waals surface area (Å²) in [6.07, 6.45) is 0.549. The fourth-order valence-corrected chi connectivity index (χ4v) is 1.92. The van der Waals surface area contributed by atoms with Crippen molar-refractivity contribution in [1.82, 2.24) is 20.6 Å². The van der Waals surface area contributed by atoms with Gasteiger partial charge in [-0.25, -0.2) is 4.79 Å². The first-order valence-corrected chi connectivity index (χ1v) is 5.85. The van der Waals surface area contributed by atoms with Gasteiger partial charge in [0, 0.05) is 11.1 Å². The van der Waals surface area contributed by atoms with E-state index in [0.717, 1.165) is 0 Å². The number of carboxylic acids is 1. The van der Waals surface area contributed by atoms with Crippen LogP contribution >= 0.6 is 0 Å². The van der Waals surface area contributed by atoms with Crippen LogP contribution in [0.25, 0.3) is 22.7 Å². The maximum atomic E-state index is 11.3. The van der Waals surface area contributed by atoms with Crippen LogP contribution in [-0.2, 0) is 0 Å². The number of nitrogens with zero attached hydrogens (tertiary/aromatic N) is 3. The van der Waals surface area contributed by atoms with Gasteiger partial charge in [-0.15, -0.1) is 10.2 Å². The van der Waals surface area contributed by atoms with Crippen LogP contribution < -0.4 is 0 Å². The van der Waals surface area contributed by atoms with Crippen molar-refractivity contribution in [3.05, 3.63) is 41.7 Å². The molecule has 3 aromatic rings. The Balaban J connectivity index is 2.17. The molecule has 0 atom stereocenters. The van der Waals surface area contributed by atoms with E-state index in [9.17, 15) is 14.7 Å². The summed E-state index contributed by atoms with van der Waals surface area (Å²) in [5.74, 6) is -0.379. The van der Waals surface area contributed by atoms with Gasteiger partial charge in [0.25, 0.3) is 0 Å². The number of hydrogen-bond donors (Lipinski definition) is 2. The summed E-state index contributed by atoms with van der Waals surface area (Å²) in [7, 11) is 0. The van der Waals surface area contributed by atoms with Crippen LogP contribution in [0.15, 0.2) is 34.7 Å². The van der Waals surface area contributed by atoms with Crippen LogP contribution in [0.4, 0.5) is 0 Å². The minimum Gasteiger partial charge on any atom is -0.478 e. The van der Waals surface area contributed by atoms with Crippen LogP contribution in [0, 0.1) is 0 Å². The van der Waals surface area contributed by atoms with Gasteiger partial charge in [-0.1, -0.05) is 6.07 Å². The molecule has 2 N–H and O–H groups in total. The topological polar surface area (TPSA) is 122 Å². The Morgan fingerprint density at radius 2 is 2.14 bits per heavy atom. The normalized spacial score (nSPS) is 10.5. The van der Waals surface area contributed by atoms with Crippen molar-refractivity contribution in [2.45, 2.75) is 0 Å². The highest BCUT2D eigenvalue weighted by molar-refractivity contribution is 5.96. The maximum absolute atomic E-state index is 11.3. The molecule has 2 aromatic heterocycles. The summed E-state index contributed by atoms with van der Waals surface area (Å²) in [5.41, 5.74) is 0.958. The Hall–Kier alpha value is -3.29. The first-order chi connectivity index (χ1) is 10.2. The number of aromatic carboxylic acids is 1. The van der Waals surface area contributed by atoms with Crippen molar-refractivity contribution in [3.8, 4) is 22.7 Å². The molecule has 0 amide bonds. The number of benzene rings is 1. The predicted molar refractivity (Wildman–Crippen MR) is 69.7 cm³/mol. The number of hydrogen-bond acceptors (Lipinski definition) is 6. The van der Waals surface area contributed by atoms with Gasteiger partial charge in [0.15, 0.2) is 12.0 Å². The van der Waals surface area contributed by atoms with Crippen LogP contribution in [0.3, 0.4) is 0 Å². The van der Waals surface area contributed by atoms with E-state index in [1.165, 1.54) is 18.2 Å². The highest BCUT2D eigenvalue weighted by Gasteiger charge is 2.17. The van der Waals surface area contributed by atoms with Crippen LogP contribution in [0.5, 0.6) is 0 Å². The van der Waals surface area contributed by atoms with E-state index in [4.69, 9.17) is 4.42 Å². The molecule has 0 saturated heterocycles. The van der Waals surface area contributed by atoms with Crippen molar-refractivity contribution in [2.24, 2.45) is 0 Å². The van der Waals surface area contributed by atoms with Gasteiger partial charge in [0.1, 0.15) is 5.76 Å². The Morgan fingerprint density at radius 3 is 2.76 bits per heavy atom. The van der Waals surface area contributed by atoms with Crippen LogP contribution in [0.2, 0.25) is 0 Å². The number of rotatable bonds is 4. The highest BCUT2D eigenvalue weighted by atomic mass is 16.4. The van der Waals surface area contributed by atoms with E-state index in [2.05, 4.69) is 20.6 Å². The smallest absolute Gasteiger partial charge is 0.336 e. The second-order valence-electron chi connectivity index (χ2n) is 4.12. The van der Waals surface area contributed by atoms with Gasteiger partial charge < -0.3 is 9.52 Å². The number of carbonyl (C=O) groups excluding carboxylic acids is 1. The predicted octanol–water partition coefficient (Wildman–Crippen LogP) is 1.64. The molecule has 0 aliphatic carbocycles. The van der Waals surface area contributed by atoms with Crippen molar-refractivity contribution < 1.29 is 19.1 Å². The number of furan rings is 1. The molecule has 8 nitrogen and oxygen atoms in total. The average molecular weight is 284 g/mol. The molecule has 21 heavy (non-hydrogen) atoms. The Morgan fingerprint density at radius 1 is 1.29 bits per heavy atom. The van der Waals surface area contributed by atoms with E-state index in [1.807, 2.05) is 0 Å². The molecule has 0 unspecified atom stereocenters. The summed E-state index contributed by atoms with van der Waals surface area (Å²) in [6, 6.07) is 7.57. The van der Waals surface area contributed by atoms with Crippen molar-refractivity contribution >= 4 is 12.3 Å². The number of aldehydes is 1. The van der Waals surface area contributed by atoms with Gasteiger partial charge in [-0.05, 0) is 29.5 Å². The number of aromatic nitrogens is 4. The van der Waals surface area contributed by atoms with Crippen LogP contribution in [-0.4, -0.2) is 38.0 Å². The molecule has 0 radical (unpaired) electrons. The molecule has 0 spiro atoms. The number of carboxylic acid groups (broad SMARTS) is 1. The molecular weight excluding hydrogens is 276 g/mol. The lowest BCUT2D eigenvalue weighted by molar-refractivity contribution is 0.0697. The van der Waals surface area contributed by atoms with Crippen molar-refractivity contribution in [2.75, 3.05) is 0 Å². The Labute approximate surface area is 117 Å². The zero-order valence-electron chi connectivity index (χ0n) is 10.5. The molecule has 0 saturated carbocycles. The second-order valence-corrected chi connectivity index (χ2v) is 4.12. The minimum atomic E-state index is -1.10. The van der Waals surface area contributed by atoms with E-state index in [-0.39, 0.29) is 17.1 Å². The van der Waals surface area contributed by atoms with E-state index in [0.29, 0.717) is 23.2 Å². The number of carbonyl (C=O) groups is 2. The standard InChI is InChI=1S/C13H8N4O4/c18-6-8-2-4-11(21-8)10-5-7(12-14-16-17-15-12)1-3-9(10)13(19)20/h1-6H,(H,19,20)(H,14,15,16,17).